The SMILES string of the molecule is C[C@]12C[C@H](c3ccc(OCCN4CCCCC4)cc3)C3=C4CCC(=O)C=C4CCC3C1CC[C@H]2F.Cc1ccc2c(c1)CCC1C2[C@@H](c2ccc(OCCN3CCCCC3)cc2)C[C@@]2(C)C1CC[C@H]2F. The molecule has 376 valence electrons. The van der Waals surface area contributed by atoms with E-state index < -0.39 is 12.3 Å². The van der Waals surface area contributed by atoms with Crippen molar-refractivity contribution in [3.63, 3.8) is 0 Å². The van der Waals surface area contributed by atoms with E-state index in [1.54, 1.807) is 11.1 Å². The average Bonchev–Trinajstić information content (AvgIpc) is 3.86. The van der Waals surface area contributed by atoms with Crippen molar-refractivity contribution in [2.24, 2.45) is 34.5 Å². The van der Waals surface area contributed by atoms with Gasteiger partial charge in [-0.05, 0) is 229 Å². The molecule has 70 heavy (non-hydrogen) atoms. The zero-order chi connectivity index (χ0) is 48.0. The zero-order valence-electron chi connectivity index (χ0n) is 42.9. The molecule has 0 spiro atoms. The fraction of sp³-hybridized carbons (Fsp3) is 0.635. The standard InChI is InChI=1S/C32H42FNO.C31H40FNO2/c1-22-6-12-26-24(20-22)9-13-27-29-14-15-30(33)32(29,2)21-28(31(26)27)23-7-10-25(11-8-23)35-19-18-34-16-4-3-5-17-34;1-31-20-27(21-5-9-24(10-6-21)35-18-17-33-15-3-2-4-16-33)30-25-12-8-23(34)19-22(25)7-11-26(30)28(31)13-14-29(31)32/h6-8,10-12,20,27-31H,3-5,9,13-19,21H2,1-2H3;5-6,9-10,19,26-29H,2-4,7-8,11-18,20H2,1H3/t27?,28-,29?,30-,31?,32+;26?,27-,28?,29-,31+/m11/s1. The number of piperidine rings is 2. The number of fused-ring (bicyclic) bond motifs is 9. The Balaban J connectivity index is 0.000000152. The van der Waals surface area contributed by atoms with Crippen molar-refractivity contribution in [1.29, 1.82) is 0 Å². The molecule has 0 aromatic heterocycles. The number of alkyl halides is 2. The number of halogens is 2. The molecule has 0 N–H and O–H groups in total. The van der Waals surface area contributed by atoms with E-state index in [1.807, 2.05) is 6.08 Å². The van der Waals surface area contributed by atoms with Crippen LogP contribution in [0, 0.1) is 41.4 Å². The molecule has 0 bridgehead atoms. The number of hydrogen-bond acceptors (Lipinski definition) is 5. The number of ether oxygens (including phenoxy) is 2. The first-order valence-corrected chi connectivity index (χ1v) is 28.3. The van der Waals surface area contributed by atoms with E-state index in [4.69, 9.17) is 9.47 Å². The summed E-state index contributed by atoms with van der Waals surface area (Å²) in [6, 6.07) is 24.7. The maximum absolute atomic E-state index is 15.4. The Hall–Kier alpha value is -3.81. The van der Waals surface area contributed by atoms with Gasteiger partial charge in [0.2, 0.25) is 0 Å². The molecule has 0 amide bonds. The number of ketones is 1. The summed E-state index contributed by atoms with van der Waals surface area (Å²) in [5.74, 6) is 5.30. The largest absolute Gasteiger partial charge is 0.492 e. The third-order valence-corrected chi connectivity index (χ3v) is 20.2. The van der Waals surface area contributed by atoms with E-state index in [-0.39, 0.29) is 22.5 Å². The van der Waals surface area contributed by atoms with Gasteiger partial charge in [0.25, 0.3) is 0 Å². The third kappa shape index (κ3) is 9.51. The molecule has 2 heterocycles. The van der Waals surface area contributed by atoms with Crippen molar-refractivity contribution in [3.05, 3.63) is 117 Å². The van der Waals surface area contributed by atoms with E-state index in [9.17, 15) is 4.79 Å². The van der Waals surface area contributed by atoms with Gasteiger partial charge in [0, 0.05) is 36.3 Å². The Bertz CT molecular complexity index is 2380. The Morgan fingerprint density at radius 3 is 1.86 bits per heavy atom. The van der Waals surface area contributed by atoms with Gasteiger partial charge in [-0.3, -0.25) is 14.6 Å². The molecule has 7 heteroatoms. The van der Waals surface area contributed by atoms with Crippen LogP contribution in [0.4, 0.5) is 8.78 Å². The number of rotatable bonds is 10. The van der Waals surface area contributed by atoms with Crippen LogP contribution < -0.4 is 9.47 Å². The number of likely N-dealkylation sites (tertiary alicyclic amines) is 2. The van der Waals surface area contributed by atoms with Crippen LogP contribution in [0.3, 0.4) is 0 Å². The lowest BCUT2D eigenvalue weighted by Crippen LogP contribution is -2.46. The van der Waals surface area contributed by atoms with Gasteiger partial charge in [0.15, 0.2) is 5.78 Å². The van der Waals surface area contributed by atoms with Crippen LogP contribution in [-0.4, -0.2) is 80.4 Å². The Kier molecular flexibility index (Phi) is 14.3. The van der Waals surface area contributed by atoms with Gasteiger partial charge in [0.05, 0.1) is 0 Å². The molecule has 5 nitrogen and oxygen atoms in total. The minimum Gasteiger partial charge on any atom is -0.492 e. The molecule has 12 rings (SSSR count). The van der Waals surface area contributed by atoms with Gasteiger partial charge < -0.3 is 9.47 Å². The lowest BCUT2D eigenvalue weighted by molar-refractivity contribution is -0.114. The van der Waals surface area contributed by atoms with Crippen LogP contribution in [0.2, 0.25) is 0 Å². The maximum Gasteiger partial charge on any atom is 0.156 e. The van der Waals surface area contributed by atoms with Crippen LogP contribution in [0.5, 0.6) is 11.5 Å². The fourth-order valence-corrected chi connectivity index (χ4v) is 16.6. The number of carbonyl (C=O) groups excluding carboxylic acids is 1. The minimum absolute atomic E-state index is 0.183. The summed E-state index contributed by atoms with van der Waals surface area (Å²) < 4.78 is 42.9. The van der Waals surface area contributed by atoms with Crippen molar-refractivity contribution in [1.82, 2.24) is 9.80 Å². The van der Waals surface area contributed by atoms with Crippen molar-refractivity contribution >= 4 is 5.78 Å². The summed E-state index contributed by atoms with van der Waals surface area (Å²) in [7, 11) is 0. The lowest BCUT2D eigenvalue weighted by Gasteiger charge is -2.53. The number of nitrogens with zero attached hydrogens (tertiary/aromatic N) is 2. The molecular formula is C63H82F2N2O3. The van der Waals surface area contributed by atoms with Crippen molar-refractivity contribution in [3.8, 4) is 11.5 Å². The molecule has 3 aromatic rings. The predicted molar refractivity (Wildman–Crippen MR) is 278 cm³/mol. The van der Waals surface area contributed by atoms with E-state index >= 15 is 8.78 Å². The first-order chi connectivity index (χ1) is 34.1. The van der Waals surface area contributed by atoms with Crippen molar-refractivity contribution < 1.29 is 23.0 Å². The van der Waals surface area contributed by atoms with Gasteiger partial charge in [-0.25, -0.2) is 8.78 Å². The second-order valence-corrected chi connectivity index (χ2v) is 24.2. The summed E-state index contributed by atoms with van der Waals surface area (Å²) >= 11 is 0. The van der Waals surface area contributed by atoms with E-state index in [0.717, 1.165) is 95.6 Å². The zero-order valence-corrected chi connectivity index (χ0v) is 42.9. The van der Waals surface area contributed by atoms with Gasteiger partial charge in [-0.2, -0.15) is 0 Å². The van der Waals surface area contributed by atoms with Gasteiger partial charge in [-0.1, -0.05) is 80.3 Å². The molecule has 6 fully saturated rings. The second-order valence-electron chi connectivity index (χ2n) is 24.2. The monoisotopic (exact) mass is 953 g/mol. The van der Waals surface area contributed by atoms with Gasteiger partial charge in [-0.15, -0.1) is 0 Å². The minimum atomic E-state index is -0.705. The van der Waals surface area contributed by atoms with Gasteiger partial charge in [0.1, 0.15) is 37.1 Å². The Morgan fingerprint density at radius 2 is 1.21 bits per heavy atom. The number of carbonyl (C=O) groups is 1. The molecule has 5 unspecified atom stereocenters. The van der Waals surface area contributed by atoms with E-state index in [0.29, 0.717) is 48.3 Å². The molecule has 2 saturated heterocycles. The summed E-state index contributed by atoms with van der Waals surface area (Å²) in [6.07, 6.45) is 19.8. The van der Waals surface area contributed by atoms with Crippen molar-refractivity contribution in [2.75, 3.05) is 52.5 Å². The third-order valence-electron chi connectivity index (χ3n) is 20.2. The fourth-order valence-electron chi connectivity index (χ4n) is 16.6. The molecule has 3 aromatic carbocycles. The highest BCUT2D eigenvalue weighted by Gasteiger charge is 2.59. The Morgan fingerprint density at radius 1 is 0.614 bits per heavy atom. The normalized spacial score (nSPS) is 35.0. The first kappa shape index (κ1) is 48.5. The van der Waals surface area contributed by atoms with Crippen LogP contribution in [0.15, 0.2) is 89.5 Å². The molecule has 9 aliphatic rings. The first-order valence-electron chi connectivity index (χ1n) is 28.3. The number of allylic oxidation sites excluding steroid dienone is 4. The molecule has 7 aliphatic carbocycles. The molecular weight excluding hydrogens is 871 g/mol. The maximum atomic E-state index is 15.4. The molecule has 11 atom stereocenters. The van der Waals surface area contributed by atoms with Gasteiger partial charge >= 0.3 is 0 Å². The van der Waals surface area contributed by atoms with Crippen LogP contribution >= 0.6 is 0 Å². The quantitative estimate of drug-likeness (QED) is 0.203. The highest BCUT2D eigenvalue weighted by molar-refractivity contribution is 5.93. The summed E-state index contributed by atoms with van der Waals surface area (Å²) in [5, 5.41) is 0. The average molecular weight is 953 g/mol. The lowest BCUT2D eigenvalue weighted by atomic mass is 9.51. The van der Waals surface area contributed by atoms with Crippen LogP contribution in [0.1, 0.15) is 169 Å². The van der Waals surface area contributed by atoms with Crippen molar-refractivity contribution in [2.45, 2.75) is 166 Å². The number of benzene rings is 3. The van der Waals surface area contributed by atoms with E-state index in [1.165, 1.54) is 105 Å². The summed E-state index contributed by atoms with van der Waals surface area (Å²) in [6.45, 7) is 15.0. The predicted octanol–water partition coefficient (Wildman–Crippen LogP) is 14.2. The highest BCUT2D eigenvalue weighted by atomic mass is 19.1. The second kappa shape index (κ2) is 20.6. The smallest absolute Gasteiger partial charge is 0.156 e. The summed E-state index contributed by atoms with van der Waals surface area (Å²) in [4.78, 5) is 17.2. The number of aryl methyl sites for hydroxylation is 2. The molecule has 0 radical (unpaired) electrons. The summed E-state index contributed by atoms with van der Waals surface area (Å²) in [5.41, 5.74) is 10.9. The molecule has 4 saturated carbocycles. The van der Waals surface area contributed by atoms with Crippen LogP contribution in [0.25, 0.3) is 0 Å². The van der Waals surface area contributed by atoms with E-state index in [2.05, 4.69) is 97.3 Å². The van der Waals surface area contributed by atoms with Crippen LogP contribution in [-0.2, 0) is 11.2 Å². The number of hydrogen-bond donors (Lipinski definition) is 0. The highest BCUT2D eigenvalue weighted by Crippen LogP contribution is 2.67. The molecule has 2 aliphatic heterocycles. The topological polar surface area (TPSA) is 42.0 Å². The Labute approximate surface area is 419 Å².